The predicted molar refractivity (Wildman–Crippen MR) is 109 cm³/mol. The van der Waals surface area contributed by atoms with E-state index in [1.807, 2.05) is 0 Å². The lowest BCUT2D eigenvalue weighted by Crippen LogP contribution is -2.49. The van der Waals surface area contributed by atoms with Gasteiger partial charge in [0.15, 0.2) is 0 Å². The third kappa shape index (κ3) is 6.19. The number of amides is 3. The van der Waals surface area contributed by atoms with E-state index in [2.05, 4.69) is 10.6 Å². The number of nitrogens with one attached hydrogen (secondary N) is 2. The highest BCUT2D eigenvalue weighted by Gasteiger charge is 2.34. The molecule has 2 rings (SSSR count). The van der Waals surface area contributed by atoms with Crippen LogP contribution in [-0.4, -0.2) is 69.9 Å². The van der Waals surface area contributed by atoms with Crippen LogP contribution in [0.15, 0.2) is 35.5 Å². The maximum Gasteiger partial charge on any atom is 0.338 e. The highest BCUT2D eigenvalue weighted by atomic mass is 16.5. The van der Waals surface area contributed by atoms with Gasteiger partial charge in [0, 0.05) is 25.9 Å². The average Bonchev–Trinajstić information content (AvgIpc) is 2.71. The summed E-state index contributed by atoms with van der Waals surface area (Å²) >= 11 is 0. The second-order valence-electron chi connectivity index (χ2n) is 6.59. The van der Waals surface area contributed by atoms with Crippen molar-refractivity contribution < 1.29 is 28.6 Å². The number of rotatable bonds is 11. The summed E-state index contributed by atoms with van der Waals surface area (Å²) in [6, 6.07) is 5.81. The first-order valence-corrected chi connectivity index (χ1v) is 9.50. The first kappa shape index (κ1) is 23.2. The maximum absolute atomic E-state index is 12.8. The Kier molecular flexibility index (Phi) is 8.63. The van der Waals surface area contributed by atoms with Crippen molar-refractivity contribution >= 4 is 17.9 Å². The van der Waals surface area contributed by atoms with E-state index in [9.17, 15) is 14.4 Å². The summed E-state index contributed by atoms with van der Waals surface area (Å²) < 4.78 is 15.5. The molecule has 10 nitrogen and oxygen atoms in total. The van der Waals surface area contributed by atoms with E-state index in [4.69, 9.17) is 19.9 Å². The van der Waals surface area contributed by atoms with Crippen molar-refractivity contribution in [3.05, 3.63) is 41.1 Å². The van der Waals surface area contributed by atoms with Crippen LogP contribution in [0, 0.1) is 0 Å². The van der Waals surface area contributed by atoms with Gasteiger partial charge in [-0.15, -0.1) is 0 Å². The monoisotopic (exact) mass is 420 g/mol. The SMILES string of the molecule is CCOC(=O)C1=C(CN(CCOC)CC(N)=O)NC(=O)NC1c1ccc(OC)cc1. The fraction of sp³-hybridized carbons (Fsp3) is 0.450. The standard InChI is InChI=1S/C20H28N4O6/c1-4-30-19(26)17-15(11-24(9-10-28-2)12-16(21)25)22-20(27)23-18(17)13-5-7-14(29-3)8-6-13/h5-8,18H,4,9-12H2,1-3H3,(H2,21,25)(H2,22,23,27). The molecule has 1 unspecified atom stereocenters. The minimum absolute atomic E-state index is 0.0561. The fourth-order valence-electron chi connectivity index (χ4n) is 3.12. The molecule has 4 N–H and O–H groups in total. The molecular formula is C20H28N4O6. The predicted octanol–water partition coefficient (Wildman–Crippen LogP) is 0.300. The lowest BCUT2D eigenvalue weighted by molar-refractivity contribution is -0.139. The molecule has 1 aliphatic heterocycles. The van der Waals surface area contributed by atoms with Gasteiger partial charge in [0.2, 0.25) is 5.91 Å². The van der Waals surface area contributed by atoms with Crippen LogP contribution in [0.25, 0.3) is 0 Å². The summed E-state index contributed by atoms with van der Waals surface area (Å²) in [5.74, 6) is -0.448. The zero-order valence-corrected chi connectivity index (χ0v) is 17.4. The summed E-state index contributed by atoms with van der Waals surface area (Å²) in [5.41, 5.74) is 6.63. The number of hydrogen-bond acceptors (Lipinski definition) is 7. The van der Waals surface area contributed by atoms with Crippen molar-refractivity contribution in [3.8, 4) is 5.75 Å². The summed E-state index contributed by atoms with van der Waals surface area (Å²) in [7, 11) is 3.09. The van der Waals surface area contributed by atoms with Crippen LogP contribution < -0.4 is 21.1 Å². The molecule has 1 aliphatic rings. The number of carbonyl (C=O) groups is 3. The Morgan fingerprint density at radius 1 is 1.20 bits per heavy atom. The van der Waals surface area contributed by atoms with Gasteiger partial charge in [-0.05, 0) is 24.6 Å². The molecule has 0 saturated carbocycles. The molecule has 0 aliphatic carbocycles. The van der Waals surface area contributed by atoms with Crippen LogP contribution >= 0.6 is 0 Å². The molecule has 1 heterocycles. The number of esters is 1. The van der Waals surface area contributed by atoms with Gasteiger partial charge in [-0.25, -0.2) is 9.59 Å². The van der Waals surface area contributed by atoms with E-state index in [-0.39, 0.29) is 25.3 Å². The zero-order valence-electron chi connectivity index (χ0n) is 17.4. The van der Waals surface area contributed by atoms with E-state index in [1.54, 1.807) is 43.2 Å². The van der Waals surface area contributed by atoms with Crippen LogP contribution in [0.5, 0.6) is 5.75 Å². The highest BCUT2D eigenvalue weighted by Crippen LogP contribution is 2.29. The number of benzene rings is 1. The molecule has 1 atom stereocenters. The van der Waals surface area contributed by atoms with Crippen LogP contribution in [-0.2, 0) is 19.1 Å². The largest absolute Gasteiger partial charge is 0.497 e. The van der Waals surface area contributed by atoms with Crippen molar-refractivity contribution in [2.45, 2.75) is 13.0 Å². The first-order chi connectivity index (χ1) is 14.4. The third-order valence-electron chi connectivity index (χ3n) is 4.47. The van der Waals surface area contributed by atoms with E-state index in [0.717, 1.165) is 0 Å². The number of nitrogens with zero attached hydrogens (tertiary/aromatic N) is 1. The molecule has 1 aromatic rings. The Morgan fingerprint density at radius 3 is 2.47 bits per heavy atom. The molecule has 0 bridgehead atoms. The van der Waals surface area contributed by atoms with Gasteiger partial charge in [0.25, 0.3) is 0 Å². The number of ether oxygens (including phenoxy) is 3. The number of hydrogen-bond donors (Lipinski definition) is 3. The molecule has 3 amide bonds. The maximum atomic E-state index is 12.8. The lowest BCUT2D eigenvalue weighted by atomic mass is 9.95. The Hall–Kier alpha value is -3.11. The molecule has 0 saturated heterocycles. The quantitative estimate of drug-likeness (QED) is 0.439. The van der Waals surface area contributed by atoms with Gasteiger partial charge in [0.05, 0.1) is 38.5 Å². The molecule has 0 radical (unpaired) electrons. The Labute approximate surface area is 175 Å². The number of carbonyl (C=O) groups excluding carboxylic acids is 3. The van der Waals surface area contributed by atoms with E-state index < -0.39 is 23.9 Å². The van der Waals surface area contributed by atoms with Gasteiger partial charge >= 0.3 is 12.0 Å². The molecule has 164 valence electrons. The molecule has 0 fully saturated rings. The number of urea groups is 1. The van der Waals surface area contributed by atoms with Crippen molar-refractivity contribution in [1.82, 2.24) is 15.5 Å². The van der Waals surface area contributed by atoms with Crippen LogP contribution in [0.1, 0.15) is 18.5 Å². The summed E-state index contributed by atoms with van der Waals surface area (Å²) in [6.45, 7) is 2.67. The Morgan fingerprint density at radius 2 is 1.90 bits per heavy atom. The third-order valence-corrected chi connectivity index (χ3v) is 4.47. The average molecular weight is 420 g/mol. The molecule has 0 spiro atoms. The van der Waals surface area contributed by atoms with Gasteiger partial charge in [0.1, 0.15) is 5.75 Å². The van der Waals surface area contributed by atoms with Crippen LogP contribution in [0.2, 0.25) is 0 Å². The Balaban J connectivity index is 2.45. The molecule has 10 heteroatoms. The minimum atomic E-state index is -0.725. The zero-order chi connectivity index (χ0) is 22.1. The van der Waals surface area contributed by atoms with Crippen LogP contribution in [0.3, 0.4) is 0 Å². The van der Waals surface area contributed by atoms with Crippen molar-refractivity contribution in [2.75, 3.05) is 47.1 Å². The summed E-state index contributed by atoms with van der Waals surface area (Å²) in [4.78, 5) is 38.3. The normalized spacial score (nSPS) is 16.1. The smallest absolute Gasteiger partial charge is 0.338 e. The lowest BCUT2D eigenvalue weighted by Gasteiger charge is -2.32. The van der Waals surface area contributed by atoms with Crippen molar-refractivity contribution in [1.29, 1.82) is 0 Å². The van der Waals surface area contributed by atoms with Gasteiger partial charge in [-0.3, -0.25) is 9.69 Å². The molecule has 0 aromatic heterocycles. The van der Waals surface area contributed by atoms with Gasteiger partial charge in [-0.1, -0.05) is 12.1 Å². The summed E-state index contributed by atoms with van der Waals surface area (Å²) in [6.07, 6.45) is 0. The second-order valence-corrected chi connectivity index (χ2v) is 6.59. The Bertz CT molecular complexity index is 793. The van der Waals surface area contributed by atoms with Gasteiger partial charge < -0.3 is 30.6 Å². The topological polar surface area (TPSA) is 132 Å². The molecule has 1 aromatic carbocycles. The molecule has 30 heavy (non-hydrogen) atoms. The minimum Gasteiger partial charge on any atom is -0.497 e. The first-order valence-electron chi connectivity index (χ1n) is 9.50. The molecular weight excluding hydrogens is 392 g/mol. The van der Waals surface area contributed by atoms with E-state index in [0.29, 0.717) is 30.2 Å². The fourth-order valence-corrected chi connectivity index (χ4v) is 3.12. The summed E-state index contributed by atoms with van der Waals surface area (Å²) in [5, 5.41) is 5.44. The number of nitrogens with two attached hydrogens (primary N) is 1. The van der Waals surface area contributed by atoms with Crippen molar-refractivity contribution in [3.63, 3.8) is 0 Å². The highest BCUT2D eigenvalue weighted by molar-refractivity contribution is 5.95. The van der Waals surface area contributed by atoms with E-state index in [1.165, 1.54) is 7.11 Å². The van der Waals surface area contributed by atoms with Crippen molar-refractivity contribution in [2.24, 2.45) is 5.73 Å². The van der Waals surface area contributed by atoms with E-state index >= 15 is 0 Å². The van der Waals surface area contributed by atoms with Gasteiger partial charge in [-0.2, -0.15) is 0 Å². The number of primary amides is 1. The second kappa shape index (κ2) is 11.2. The number of methoxy groups -OCH3 is 2. The van der Waals surface area contributed by atoms with Crippen LogP contribution in [0.4, 0.5) is 4.79 Å².